The number of aromatic nitrogens is 2. The van der Waals surface area contributed by atoms with E-state index in [0.717, 1.165) is 16.7 Å². The standard InChI is InChI=1S/C12H15N3O/c1-9(7-16)15(2)12-10-5-3-4-6-11(10)13-8-14-12/h3-6,8-9,16H,7H2,1-2H3. The monoisotopic (exact) mass is 217 g/mol. The summed E-state index contributed by atoms with van der Waals surface area (Å²) in [5.41, 5.74) is 0.921. The third-order valence-corrected chi connectivity index (χ3v) is 2.78. The number of hydrogen-bond acceptors (Lipinski definition) is 4. The van der Waals surface area contributed by atoms with Crippen molar-refractivity contribution in [3.05, 3.63) is 30.6 Å². The van der Waals surface area contributed by atoms with Gasteiger partial charge < -0.3 is 10.0 Å². The molecule has 2 rings (SSSR count). The maximum atomic E-state index is 9.15. The van der Waals surface area contributed by atoms with Crippen LogP contribution in [0.2, 0.25) is 0 Å². The van der Waals surface area contributed by atoms with Gasteiger partial charge in [-0.2, -0.15) is 0 Å². The Morgan fingerprint density at radius 2 is 2.06 bits per heavy atom. The number of aliphatic hydroxyl groups is 1. The zero-order chi connectivity index (χ0) is 11.5. The van der Waals surface area contributed by atoms with E-state index in [4.69, 9.17) is 5.11 Å². The Labute approximate surface area is 94.6 Å². The van der Waals surface area contributed by atoms with Crippen molar-refractivity contribution in [2.75, 3.05) is 18.6 Å². The number of hydrogen-bond donors (Lipinski definition) is 1. The zero-order valence-corrected chi connectivity index (χ0v) is 9.46. The number of likely N-dealkylation sites (N-methyl/N-ethyl adjacent to an activating group) is 1. The lowest BCUT2D eigenvalue weighted by molar-refractivity contribution is 0.270. The van der Waals surface area contributed by atoms with Crippen LogP contribution in [0.4, 0.5) is 5.82 Å². The molecular weight excluding hydrogens is 202 g/mol. The molecule has 2 aromatic rings. The highest BCUT2D eigenvalue weighted by molar-refractivity contribution is 5.89. The van der Waals surface area contributed by atoms with Crippen molar-refractivity contribution in [2.24, 2.45) is 0 Å². The number of nitrogens with zero attached hydrogens (tertiary/aromatic N) is 3. The predicted molar refractivity (Wildman–Crippen MR) is 64.5 cm³/mol. The van der Waals surface area contributed by atoms with Gasteiger partial charge >= 0.3 is 0 Å². The normalized spacial score (nSPS) is 12.7. The van der Waals surface area contributed by atoms with E-state index in [-0.39, 0.29) is 12.6 Å². The van der Waals surface area contributed by atoms with Crippen molar-refractivity contribution >= 4 is 16.7 Å². The lowest BCUT2D eigenvalue weighted by Crippen LogP contribution is -2.32. The van der Waals surface area contributed by atoms with Crippen LogP contribution in [0.15, 0.2) is 30.6 Å². The highest BCUT2D eigenvalue weighted by Crippen LogP contribution is 2.22. The van der Waals surface area contributed by atoms with Gasteiger partial charge in [0.05, 0.1) is 18.2 Å². The number of fused-ring (bicyclic) bond motifs is 1. The van der Waals surface area contributed by atoms with Crippen LogP contribution >= 0.6 is 0 Å². The van der Waals surface area contributed by atoms with Crippen LogP contribution in [-0.2, 0) is 0 Å². The molecule has 1 heterocycles. The van der Waals surface area contributed by atoms with Gasteiger partial charge in [-0.15, -0.1) is 0 Å². The van der Waals surface area contributed by atoms with Gasteiger partial charge in [0.15, 0.2) is 0 Å². The average molecular weight is 217 g/mol. The lowest BCUT2D eigenvalue weighted by atomic mass is 10.2. The fourth-order valence-corrected chi connectivity index (χ4v) is 1.60. The second kappa shape index (κ2) is 4.45. The molecule has 16 heavy (non-hydrogen) atoms. The molecule has 0 aliphatic rings. The Hall–Kier alpha value is -1.68. The maximum absolute atomic E-state index is 9.15. The Bertz CT molecular complexity index is 481. The molecule has 0 fully saturated rings. The molecular formula is C12H15N3O. The number of aliphatic hydroxyl groups excluding tert-OH is 1. The molecule has 0 aliphatic carbocycles. The summed E-state index contributed by atoms with van der Waals surface area (Å²) in [5, 5.41) is 10.2. The molecule has 0 radical (unpaired) electrons. The SMILES string of the molecule is CC(CO)N(C)c1ncnc2ccccc12. The van der Waals surface area contributed by atoms with E-state index in [1.807, 2.05) is 43.1 Å². The predicted octanol–water partition coefficient (Wildman–Crippen LogP) is 1.45. The van der Waals surface area contributed by atoms with Crippen molar-refractivity contribution < 1.29 is 5.11 Å². The molecule has 1 atom stereocenters. The van der Waals surface area contributed by atoms with Crippen LogP contribution in [0.3, 0.4) is 0 Å². The van der Waals surface area contributed by atoms with E-state index in [9.17, 15) is 0 Å². The van der Waals surface area contributed by atoms with E-state index in [1.165, 1.54) is 0 Å². The van der Waals surface area contributed by atoms with Crippen molar-refractivity contribution in [3.8, 4) is 0 Å². The van der Waals surface area contributed by atoms with Crippen molar-refractivity contribution in [1.29, 1.82) is 0 Å². The first-order chi connectivity index (χ1) is 7.74. The maximum Gasteiger partial charge on any atom is 0.139 e. The molecule has 1 N–H and O–H groups in total. The molecule has 84 valence electrons. The minimum atomic E-state index is 0.0401. The van der Waals surface area contributed by atoms with Gasteiger partial charge in [-0.1, -0.05) is 12.1 Å². The summed E-state index contributed by atoms with van der Waals surface area (Å²) in [6, 6.07) is 7.91. The van der Waals surface area contributed by atoms with Crippen LogP contribution < -0.4 is 4.90 Å². The molecule has 0 bridgehead atoms. The quantitative estimate of drug-likeness (QED) is 0.845. The van der Waals surface area contributed by atoms with Gasteiger partial charge in [-0.05, 0) is 19.1 Å². The summed E-state index contributed by atoms with van der Waals surface area (Å²) in [5.74, 6) is 0.854. The third kappa shape index (κ3) is 1.84. The second-order valence-corrected chi connectivity index (χ2v) is 3.86. The minimum Gasteiger partial charge on any atom is -0.394 e. The summed E-state index contributed by atoms with van der Waals surface area (Å²) in [6.45, 7) is 2.06. The first kappa shape index (κ1) is 10.8. The van der Waals surface area contributed by atoms with E-state index >= 15 is 0 Å². The van der Waals surface area contributed by atoms with Crippen molar-refractivity contribution in [3.63, 3.8) is 0 Å². The molecule has 0 amide bonds. The average Bonchev–Trinajstić information content (AvgIpc) is 2.36. The first-order valence-electron chi connectivity index (χ1n) is 5.27. The first-order valence-corrected chi connectivity index (χ1v) is 5.27. The summed E-state index contributed by atoms with van der Waals surface area (Å²) >= 11 is 0. The molecule has 0 aliphatic heterocycles. The van der Waals surface area contributed by atoms with Gasteiger partial charge in [0, 0.05) is 12.4 Å². The van der Waals surface area contributed by atoms with Crippen LogP contribution in [0, 0.1) is 0 Å². The minimum absolute atomic E-state index is 0.0401. The smallest absolute Gasteiger partial charge is 0.139 e. The molecule has 4 heteroatoms. The highest BCUT2D eigenvalue weighted by atomic mass is 16.3. The largest absolute Gasteiger partial charge is 0.394 e. The lowest BCUT2D eigenvalue weighted by Gasteiger charge is -2.25. The molecule has 4 nitrogen and oxygen atoms in total. The molecule has 1 aromatic heterocycles. The molecule has 0 saturated heterocycles. The summed E-state index contributed by atoms with van der Waals surface area (Å²) in [6.07, 6.45) is 1.55. The number of benzene rings is 1. The van der Waals surface area contributed by atoms with Crippen LogP contribution in [-0.4, -0.2) is 34.8 Å². The number of anilines is 1. The van der Waals surface area contributed by atoms with Gasteiger partial charge in [0.25, 0.3) is 0 Å². The van der Waals surface area contributed by atoms with E-state index in [0.29, 0.717) is 0 Å². The van der Waals surface area contributed by atoms with Crippen LogP contribution in [0.1, 0.15) is 6.92 Å². The number of para-hydroxylation sites is 1. The fourth-order valence-electron chi connectivity index (χ4n) is 1.60. The Balaban J connectivity index is 2.52. The highest BCUT2D eigenvalue weighted by Gasteiger charge is 2.12. The Morgan fingerprint density at radius 1 is 1.31 bits per heavy atom. The summed E-state index contributed by atoms with van der Waals surface area (Å²) in [4.78, 5) is 10.5. The Morgan fingerprint density at radius 3 is 2.81 bits per heavy atom. The van der Waals surface area contributed by atoms with E-state index in [2.05, 4.69) is 9.97 Å². The van der Waals surface area contributed by atoms with Gasteiger partial charge in [-0.25, -0.2) is 9.97 Å². The molecule has 1 aromatic carbocycles. The van der Waals surface area contributed by atoms with E-state index < -0.39 is 0 Å². The Kier molecular flexibility index (Phi) is 3.01. The molecule has 0 saturated carbocycles. The molecule has 1 unspecified atom stereocenters. The van der Waals surface area contributed by atoms with Crippen LogP contribution in [0.5, 0.6) is 0 Å². The topological polar surface area (TPSA) is 49.2 Å². The van der Waals surface area contributed by atoms with Gasteiger partial charge in [0.1, 0.15) is 12.1 Å². The fraction of sp³-hybridized carbons (Fsp3) is 0.333. The summed E-state index contributed by atoms with van der Waals surface area (Å²) < 4.78 is 0. The third-order valence-electron chi connectivity index (χ3n) is 2.78. The van der Waals surface area contributed by atoms with Crippen LogP contribution in [0.25, 0.3) is 10.9 Å². The van der Waals surface area contributed by atoms with Crippen molar-refractivity contribution in [2.45, 2.75) is 13.0 Å². The van der Waals surface area contributed by atoms with Gasteiger partial charge in [0.2, 0.25) is 0 Å². The van der Waals surface area contributed by atoms with Crippen molar-refractivity contribution in [1.82, 2.24) is 9.97 Å². The van der Waals surface area contributed by atoms with Gasteiger partial charge in [-0.3, -0.25) is 0 Å². The second-order valence-electron chi connectivity index (χ2n) is 3.86. The zero-order valence-electron chi connectivity index (χ0n) is 9.46. The number of rotatable bonds is 3. The molecule has 0 spiro atoms. The summed E-state index contributed by atoms with van der Waals surface area (Å²) in [7, 11) is 1.93. The van der Waals surface area contributed by atoms with E-state index in [1.54, 1.807) is 6.33 Å².